The topological polar surface area (TPSA) is 89.5 Å². The molecule has 1 aliphatic rings. The monoisotopic (exact) mass is 440 g/mol. The molecule has 9 heteroatoms. The molecular weight excluding hydrogens is 418 g/mol. The van der Waals surface area contributed by atoms with E-state index in [1.807, 2.05) is 6.92 Å². The third-order valence-electron chi connectivity index (χ3n) is 5.61. The van der Waals surface area contributed by atoms with Gasteiger partial charge >= 0.3 is 0 Å². The van der Waals surface area contributed by atoms with Gasteiger partial charge in [0.25, 0.3) is 6.43 Å². The van der Waals surface area contributed by atoms with Crippen LogP contribution in [0.4, 0.5) is 8.78 Å². The summed E-state index contributed by atoms with van der Waals surface area (Å²) in [6, 6.07) is 8.14. The highest BCUT2D eigenvalue weighted by Crippen LogP contribution is 2.34. The summed E-state index contributed by atoms with van der Waals surface area (Å²) in [5.74, 6) is 0.0829. The van der Waals surface area contributed by atoms with Crippen LogP contribution in [-0.2, 0) is 16.6 Å². The van der Waals surface area contributed by atoms with Crippen molar-refractivity contribution in [3.05, 3.63) is 59.3 Å². The quantitative estimate of drug-likeness (QED) is 0.515. The van der Waals surface area contributed by atoms with Crippen LogP contribution in [0.2, 0.25) is 0 Å². The third-order valence-corrected chi connectivity index (χ3v) is 5.61. The maximum absolute atomic E-state index is 13.0. The first-order chi connectivity index (χ1) is 15.5. The van der Waals surface area contributed by atoms with E-state index in [0.717, 1.165) is 0 Å². The van der Waals surface area contributed by atoms with Crippen molar-refractivity contribution in [2.24, 2.45) is 0 Å². The Morgan fingerprint density at radius 3 is 2.78 bits per heavy atom. The molecule has 1 fully saturated rings. The van der Waals surface area contributed by atoms with Crippen LogP contribution < -0.4 is 4.74 Å². The Morgan fingerprint density at radius 1 is 1.31 bits per heavy atom. The molecule has 7 nitrogen and oxygen atoms in total. The van der Waals surface area contributed by atoms with Crippen LogP contribution in [0.25, 0.3) is 5.65 Å². The van der Waals surface area contributed by atoms with Crippen LogP contribution in [0.3, 0.4) is 0 Å². The molecule has 3 aromatic rings. The molecule has 0 unspecified atom stereocenters. The number of nitrogens with zero attached hydrogens (tertiary/aromatic N) is 4. The minimum Gasteiger partial charge on any atom is -0.493 e. The van der Waals surface area contributed by atoms with Crippen molar-refractivity contribution in [3.63, 3.8) is 0 Å². The molecule has 4 heterocycles. The summed E-state index contributed by atoms with van der Waals surface area (Å²) in [4.78, 5) is 21.2. The van der Waals surface area contributed by atoms with Gasteiger partial charge in [0.15, 0.2) is 5.78 Å². The van der Waals surface area contributed by atoms with Gasteiger partial charge < -0.3 is 13.9 Å². The van der Waals surface area contributed by atoms with E-state index in [1.165, 1.54) is 18.2 Å². The number of ether oxygens (including phenoxy) is 2. The summed E-state index contributed by atoms with van der Waals surface area (Å²) in [5, 5.41) is 9.84. The molecular formula is C23H22F2N4O3. The average Bonchev–Trinajstić information content (AvgIpc) is 3.23. The highest BCUT2D eigenvalue weighted by atomic mass is 19.3. The van der Waals surface area contributed by atoms with Gasteiger partial charge in [0.2, 0.25) is 0 Å². The molecule has 0 atom stereocenters. The Labute approximate surface area is 183 Å². The summed E-state index contributed by atoms with van der Waals surface area (Å²) < 4.78 is 38.8. The number of pyridine rings is 2. The Bertz CT molecular complexity index is 1180. The number of fused-ring (bicyclic) bond motifs is 1. The zero-order valence-corrected chi connectivity index (χ0v) is 17.6. The molecule has 4 rings (SSSR count). The molecule has 0 saturated carbocycles. The summed E-state index contributed by atoms with van der Waals surface area (Å²) in [6.45, 7) is 3.20. The van der Waals surface area contributed by atoms with Gasteiger partial charge in [-0.05, 0) is 31.9 Å². The minimum absolute atomic E-state index is 0.0256. The average molecular weight is 440 g/mol. The molecule has 0 aromatic carbocycles. The van der Waals surface area contributed by atoms with Gasteiger partial charge in [-0.2, -0.15) is 5.26 Å². The van der Waals surface area contributed by atoms with Crippen molar-refractivity contribution in [2.45, 2.75) is 38.0 Å². The maximum atomic E-state index is 13.0. The van der Waals surface area contributed by atoms with Gasteiger partial charge in [-0.1, -0.05) is 6.07 Å². The molecule has 1 saturated heterocycles. The predicted molar refractivity (Wildman–Crippen MR) is 111 cm³/mol. The molecule has 1 aliphatic heterocycles. The zero-order chi connectivity index (χ0) is 22.7. The minimum atomic E-state index is -2.75. The summed E-state index contributed by atoms with van der Waals surface area (Å²) in [7, 11) is 0. The fourth-order valence-corrected chi connectivity index (χ4v) is 3.85. The summed E-state index contributed by atoms with van der Waals surface area (Å²) in [6.07, 6.45) is 1.82. The van der Waals surface area contributed by atoms with E-state index in [4.69, 9.17) is 9.47 Å². The first-order valence-electron chi connectivity index (χ1n) is 10.4. The summed E-state index contributed by atoms with van der Waals surface area (Å²) >= 11 is 0. The van der Waals surface area contributed by atoms with E-state index in [2.05, 4.69) is 16.0 Å². The number of ketones is 1. The van der Waals surface area contributed by atoms with Crippen LogP contribution in [0.1, 0.15) is 53.6 Å². The van der Waals surface area contributed by atoms with Crippen molar-refractivity contribution in [3.8, 4) is 11.8 Å². The molecule has 0 aliphatic carbocycles. The van der Waals surface area contributed by atoms with Crippen LogP contribution in [0, 0.1) is 11.3 Å². The molecule has 32 heavy (non-hydrogen) atoms. The van der Waals surface area contributed by atoms with Crippen molar-refractivity contribution < 1.29 is 23.0 Å². The molecule has 0 spiro atoms. The smallest absolute Gasteiger partial charge is 0.280 e. The predicted octanol–water partition coefficient (Wildman–Crippen LogP) is 4.06. The molecule has 0 radical (unpaired) electrons. The first-order valence-corrected chi connectivity index (χ1v) is 10.4. The van der Waals surface area contributed by atoms with Crippen molar-refractivity contribution >= 4 is 11.4 Å². The molecule has 166 valence electrons. The second-order valence-electron chi connectivity index (χ2n) is 7.64. The number of hydrogen-bond acceptors (Lipinski definition) is 6. The normalized spacial score (nSPS) is 15.6. The van der Waals surface area contributed by atoms with Crippen LogP contribution in [0.15, 0.2) is 36.7 Å². The Hall–Kier alpha value is -3.38. The second-order valence-corrected chi connectivity index (χ2v) is 7.64. The van der Waals surface area contributed by atoms with E-state index in [0.29, 0.717) is 55.3 Å². The van der Waals surface area contributed by atoms with E-state index < -0.39 is 23.3 Å². The lowest BCUT2D eigenvalue weighted by Crippen LogP contribution is -2.32. The number of carbonyl (C=O) groups excluding carboxylic acids is 1. The molecule has 0 bridgehead atoms. The molecule has 0 N–H and O–H groups in total. The van der Waals surface area contributed by atoms with Crippen LogP contribution in [-0.4, -0.2) is 40.0 Å². The number of Topliss-reactive ketones (excluding diaryl/α,β-unsaturated/α-hetero) is 1. The van der Waals surface area contributed by atoms with Gasteiger partial charge in [-0.3, -0.25) is 4.79 Å². The van der Waals surface area contributed by atoms with Crippen molar-refractivity contribution in [1.29, 1.82) is 5.26 Å². The maximum Gasteiger partial charge on any atom is 0.280 e. The Morgan fingerprint density at radius 2 is 2.09 bits per heavy atom. The fourth-order valence-electron chi connectivity index (χ4n) is 3.85. The lowest BCUT2D eigenvalue weighted by Gasteiger charge is -2.28. The second kappa shape index (κ2) is 9.01. The van der Waals surface area contributed by atoms with Gasteiger partial charge in [-0.15, -0.1) is 0 Å². The van der Waals surface area contributed by atoms with Gasteiger partial charge in [-0.25, -0.2) is 18.7 Å². The van der Waals surface area contributed by atoms with E-state index in [1.54, 1.807) is 22.9 Å². The lowest BCUT2D eigenvalue weighted by atomic mass is 9.79. The van der Waals surface area contributed by atoms with Gasteiger partial charge in [0, 0.05) is 43.7 Å². The van der Waals surface area contributed by atoms with E-state index in [-0.39, 0.29) is 12.1 Å². The van der Waals surface area contributed by atoms with Crippen LogP contribution in [0.5, 0.6) is 5.75 Å². The first kappa shape index (κ1) is 21.8. The largest absolute Gasteiger partial charge is 0.493 e. The van der Waals surface area contributed by atoms with Gasteiger partial charge in [0.1, 0.15) is 28.2 Å². The number of imidazole rings is 1. The number of rotatable bonds is 7. The standard InChI is InChI=1S/C23H22F2N4O3/c1-2-32-19-11-21-28-20(23(14-26)6-8-31-9-7-23)13-29(21)12-15(19)10-18(30)16-4-3-5-17(27-16)22(24)25/h3-5,11-13,22H,2,6-10H2,1H3. The molecule has 0 amide bonds. The van der Waals surface area contributed by atoms with Crippen LogP contribution >= 0.6 is 0 Å². The summed E-state index contributed by atoms with van der Waals surface area (Å²) in [5.41, 5.74) is 0.650. The molecule has 3 aromatic heterocycles. The zero-order valence-electron chi connectivity index (χ0n) is 17.6. The van der Waals surface area contributed by atoms with Crippen molar-refractivity contribution in [1.82, 2.24) is 14.4 Å². The number of carbonyl (C=O) groups is 1. The Balaban J connectivity index is 1.69. The van der Waals surface area contributed by atoms with E-state index >= 15 is 0 Å². The van der Waals surface area contributed by atoms with E-state index in [9.17, 15) is 18.8 Å². The van der Waals surface area contributed by atoms with Gasteiger partial charge in [0.05, 0.1) is 18.4 Å². The highest BCUT2D eigenvalue weighted by Gasteiger charge is 2.37. The number of aromatic nitrogens is 3. The Kier molecular flexibility index (Phi) is 6.15. The third kappa shape index (κ3) is 4.18. The number of hydrogen-bond donors (Lipinski definition) is 0. The number of halogens is 2. The SMILES string of the molecule is CCOc1cc2nc(C3(C#N)CCOCC3)cn2cc1CC(=O)c1cccc(C(F)F)n1. The number of nitriles is 1. The highest BCUT2D eigenvalue weighted by molar-refractivity contribution is 5.96. The van der Waals surface area contributed by atoms with Crippen molar-refractivity contribution in [2.75, 3.05) is 19.8 Å². The number of alkyl halides is 2. The lowest BCUT2D eigenvalue weighted by molar-refractivity contribution is 0.0665. The fraction of sp³-hybridized carbons (Fsp3) is 0.391.